The Hall–Kier alpha value is -2.62. The first-order chi connectivity index (χ1) is 10.3. The fourth-order valence-corrected chi connectivity index (χ4v) is 2.39. The van der Waals surface area contributed by atoms with Crippen LogP contribution in [0.1, 0.15) is 34.8 Å². The Morgan fingerprint density at radius 1 is 1.00 bits per heavy atom. The van der Waals surface area contributed by atoms with Crippen molar-refractivity contribution in [2.75, 3.05) is 0 Å². The van der Waals surface area contributed by atoms with Crippen molar-refractivity contribution in [1.29, 1.82) is 0 Å². The first kappa shape index (κ1) is 13.4. The molecule has 0 radical (unpaired) electrons. The molecule has 1 unspecified atom stereocenters. The van der Waals surface area contributed by atoms with Crippen molar-refractivity contribution in [2.24, 2.45) is 4.99 Å². The third-order valence-electron chi connectivity index (χ3n) is 3.51. The Bertz CT molecular complexity index is 638. The Morgan fingerprint density at radius 2 is 1.67 bits per heavy atom. The van der Waals surface area contributed by atoms with Gasteiger partial charge in [0.2, 0.25) is 0 Å². The Balaban J connectivity index is 1.58. The maximum atomic E-state index is 11.9. The SMILES string of the molecule is O=C(NNC1=NC(c2ccccc2)CC1)c1ccccc1. The van der Waals surface area contributed by atoms with E-state index in [0.717, 1.165) is 18.7 Å². The molecule has 1 aliphatic rings. The summed E-state index contributed by atoms with van der Waals surface area (Å²) < 4.78 is 0. The lowest BCUT2D eigenvalue weighted by molar-refractivity contribution is 0.0943. The van der Waals surface area contributed by atoms with Crippen LogP contribution in [0, 0.1) is 0 Å². The normalized spacial score (nSPS) is 17.1. The third-order valence-corrected chi connectivity index (χ3v) is 3.51. The van der Waals surface area contributed by atoms with E-state index in [9.17, 15) is 4.79 Å². The van der Waals surface area contributed by atoms with Crippen LogP contribution in [0.2, 0.25) is 0 Å². The minimum atomic E-state index is -0.151. The minimum absolute atomic E-state index is 0.151. The molecule has 21 heavy (non-hydrogen) atoms. The van der Waals surface area contributed by atoms with Crippen LogP contribution in [0.4, 0.5) is 0 Å². The summed E-state index contributed by atoms with van der Waals surface area (Å²) in [6.45, 7) is 0. The van der Waals surface area contributed by atoms with Crippen molar-refractivity contribution in [3.63, 3.8) is 0 Å². The molecular formula is C17H17N3O. The van der Waals surface area contributed by atoms with Crippen LogP contribution < -0.4 is 10.9 Å². The summed E-state index contributed by atoms with van der Waals surface area (Å²) >= 11 is 0. The largest absolute Gasteiger partial charge is 0.285 e. The predicted molar refractivity (Wildman–Crippen MR) is 82.9 cm³/mol. The summed E-state index contributed by atoms with van der Waals surface area (Å²) in [6.07, 6.45) is 1.81. The smallest absolute Gasteiger partial charge is 0.269 e. The number of aliphatic imine (C=N–C) groups is 1. The number of nitrogens with one attached hydrogen (secondary N) is 2. The molecule has 1 heterocycles. The Kier molecular flexibility index (Phi) is 3.96. The van der Waals surface area contributed by atoms with Gasteiger partial charge in [-0.1, -0.05) is 48.5 Å². The van der Waals surface area contributed by atoms with Crippen molar-refractivity contribution in [2.45, 2.75) is 18.9 Å². The predicted octanol–water partition coefficient (Wildman–Crippen LogP) is 2.85. The second-order valence-corrected chi connectivity index (χ2v) is 4.99. The first-order valence-corrected chi connectivity index (χ1v) is 7.06. The van der Waals surface area contributed by atoms with Gasteiger partial charge in [0.25, 0.3) is 5.91 Å². The summed E-state index contributed by atoms with van der Waals surface area (Å²) in [4.78, 5) is 16.5. The van der Waals surface area contributed by atoms with E-state index in [1.54, 1.807) is 12.1 Å². The number of amides is 1. The average molecular weight is 279 g/mol. The Morgan fingerprint density at radius 3 is 2.38 bits per heavy atom. The molecule has 106 valence electrons. The molecule has 4 heteroatoms. The highest BCUT2D eigenvalue weighted by atomic mass is 16.2. The lowest BCUT2D eigenvalue weighted by Gasteiger charge is -2.08. The van der Waals surface area contributed by atoms with Crippen molar-refractivity contribution < 1.29 is 4.79 Å². The maximum Gasteiger partial charge on any atom is 0.269 e. The molecule has 0 saturated heterocycles. The van der Waals surface area contributed by atoms with Crippen molar-refractivity contribution in [3.05, 3.63) is 71.8 Å². The van der Waals surface area contributed by atoms with Gasteiger partial charge in [-0.2, -0.15) is 0 Å². The molecule has 0 aliphatic carbocycles. The van der Waals surface area contributed by atoms with Gasteiger partial charge in [-0.25, -0.2) is 0 Å². The molecule has 2 aromatic rings. The van der Waals surface area contributed by atoms with Crippen LogP contribution >= 0.6 is 0 Å². The van der Waals surface area contributed by atoms with Crippen molar-refractivity contribution in [3.8, 4) is 0 Å². The summed E-state index contributed by atoms with van der Waals surface area (Å²) in [5.41, 5.74) is 7.46. The molecule has 0 fully saturated rings. The van der Waals surface area contributed by atoms with Gasteiger partial charge < -0.3 is 0 Å². The van der Waals surface area contributed by atoms with Gasteiger partial charge in [-0.3, -0.25) is 20.6 Å². The molecule has 0 aromatic heterocycles. The van der Waals surface area contributed by atoms with Gasteiger partial charge >= 0.3 is 0 Å². The number of benzene rings is 2. The highest BCUT2D eigenvalue weighted by molar-refractivity contribution is 5.96. The van der Waals surface area contributed by atoms with Gasteiger partial charge in [0.1, 0.15) is 5.84 Å². The van der Waals surface area contributed by atoms with Crippen LogP contribution in [0.3, 0.4) is 0 Å². The van der Waals surface area contributed by atoms with E-state index in [0.29, 0.717) is 5.56 Å². The number of nitrogens with zero attached hydrogens (tertiary/aromatic N) is 1. The van der Waals surface area contributed by atoms with Crippen LogP contribution in [-0.4, -0.2) is 11.7 Å². The molecule has 0 spiro atoms. The number of hydrogen-bond donors (Lipinski definition) is 2. The molecule has 2 aromatic carbocycles. The quantitative estimate of drug-likeness (QED) is 0.831. The van der Waals surface area contributed by atoms with E-state index in [2.05, 4.69) is 28.0 Å². The zero-order chi connectivity index (χ0) is 14.5. The van der Waals surface area contributed by atoms with Gasteiger partial charge in [0.15, 0.2) is 0 Å². The van der Waals surface area contributed by atoms with Gasteiger partial charge in [0, 0.05) is 12.0 Å². The molecule has 1 amide bonds. The second kappa shape index (κ2) is 6.22. The first-order valence-electron chi connectivity index (χ1n) is 7.06. The van der Waals surface area contributed by atoms with Crippen LogP contribution in [0.25, 0.3) is 0 Å². The Labute approximate surface area is 123 Å². The average Bonchev–Trinajstić information content (AvgIpc) is 3.03. The molecular weight excluding hydrogens is 262 g/mol. The summed E-state index contributed by atoms with van der Waals surface area (Å²) in [6, 6.07) is 19.5. The number of rotatable bonds is 2. The van der Waals surface area contributed by atoms with Gasteiger partial charge in [-0.05, 0) is 24.1 Å². The number of hydrazine groups is 1. The molecule has 0 bridgehead atoms. The van der Waals surface area contributed by atoms with E-state index in [1.807, 2.05) is 36.4 Å². The fraction of sp³-hybridized carbons (Fsp3) is 0.176. The molecule has 3 rings (SSSR count). The van der Waals surface area contributed by atoms with Gasteiger partial charge in [0.05, 0.1) is 6.04 Å². The van der Waals surface area contributed by atoms with Crippen LogP contribution in [-0.2, 0) is 0 Å². The van der Waals surface area contributed by atoms with E-state index in [4.69, 9.17) is 0 Å². The molecule has 1 aliphatic heterocycles. The molecule has 4 nitrogen and oxygen atoms in total. The summed E-state index contributed by atoms with van der Waals surface area (Å²) in [5.74, 6) is 0.676. The lowest BCUT2D eigenvalue weighted by Crippen LogP contribution is -2.40. The summed E-state index contributed by atoms with van der Waals surface area (Å²) in [5, 5.41) is 0. The number of carbonyl (C=O) groups excluding carboxylic acids is 1. The lowest BCUT2D eigenvalue weighted by atomic mass is 10.1. The van der Waals surface area contributed by atoms with E-state index in [-0.39, 0.29) is 11.9 Å². The maximum absolute atomic E-state index is 11.9. The molecule has 2 N–H and O–H groups in total. The third kappa shape index (κ3) is 3.28. The highest BCUT2D eigenvalue weighted by Gasteiger charge is 2.19. The monoisotopic (exact) mass is 279 g/mol. The van der Waals surface area contributed by atoms with Crippen molar-refractivity contribution >= 4 is 11.7 Å². The number of hydrogen-bond acceptors (Lipinski definition) is 3. The molecule has 0 saturated carbocycles. The van der Waals surface area contributed by atoms with E-state index >= 15 is 0 Å². The standard InChI is InChI=1S/C17H17N3O/c21-17(14-9-5-2-6-10-14)20-19-16-12-11-15(18-16)13-7-3-1-4-8-13/h1-10,15H,11-12H2,(H,18,19)(H,20,21). The minimum Gasteiger partial charge on any atom is -0.285 e. The highest BCUT2D eigenvalue weighted by Crippen LogP contribution is 2.27. The number of carbonyl (C=O) groups is 1. The fourth-order valence-electron chi connectivity index (χ4n) is 2.39. The number of amidine groups is 1. The zero-order valence-corrected chi connectivity index (χ0v) is 11.6. The molecule has 1 atom stereocenters. The van der Waals surface area contributed by atoms with Gasteiger partial charge in [-0.15, -0.1) is 0 Å². The van der Waals surface area contributed by atoms with E-state index < -0.39 is 0 Å². The van der Waals surface area contributed by atoms with Crippen LogP contribution in [0.5, 0.6) is 0 Å². The van der Waals surface area contributed by atoms with Crippen LogP contribution in [0.15, 0.2) is 65.7 Å². The topological polar surface area (TPSA) is 53.5 Å². The van der Waals surface area contributed by atoms with Crippen molar-refractivity contribution in [1.82, 2.24) is 10.9 Å². The summed E-state index contributed by atoms with van der Waals surface area (Å²) in [7, 11) is 0. The second-order valence-electron chi connectivity index (χ2n) is 4.99. The zero-order valence-electron chi connectivity index (χ0n) is 11.6. The van der Waals surface area contributed by atoms with E-state index in [1.165, 1.54) is 5.56 Å².